The molecule has 0 bridgehead atoms. The Balaban J connectivity index is 3.03. The van der Waals surface area contributed by atoms with Crippen LogP contribution in [0.5, 0.6) is 0 Å². The second-order valence-electron chi connectivity index (χ2n) is 4.89. The lowest BCUT2D eigenvalue weighted by Crippen LogP contribution is -2.49. The number of hydrogen-bond acceptors (Lipinski definition) is 4. The summed E-state index contributed by atoms with van der Waals surface area (Å²) in [5.41, 5.74) is 0. The molecule has 0 saturated heterocycles. The summed E-state index contributed by atoms with van der Waals surface area (Å²) in [4.78, 5) is 4.07. The minimum absolute atomic E-state index is 0.106. The molecule has 0 aliphatic carbocycles. The van der Waals surface area contributed by atoms with E-state index >= 15 is 0 Å². The van der Waals surface area contributed by atoms with Crippen LogP contribution in [0, 0.1) is 0 Å². The Labute approximate surface area is 110 Å². The number of rotatable bonds is 5. The molecule has 0 radical (unpaired) electrons. The van der Waals surface area contributed by atoms with Gasteiger partial charge in [-0.05, 0) is 27.7 Å². The number of ether oxygens (including phenoxy) is 1. The van der Waals surface area contributed by atoms with E-state index in [-0.39, 0.29) is 12.1 Å². The monoisotopic (exact) mass is 274 g/mol. The van der Waals surface area contributed by atoms with Crippen molar-refractivity contribution in [1.82, 2.24) is 4.31 Å². The fourth-order valence-electron chi connectivity index (χ4n) is 1.94. The molecule has 0 spiro atoms. The summed E-state index contributed by atoms with van der Waals surface area (Å²) in [6.45, 7) is 7.13. The summed E-state index contributed by atoms with van der Waals surface area (Å²) < 4.78 is 31.4. The number of sulfonamides is 1. The van der Waals surface area contributed by atoms with Crippen molar-refractivity contribution >= 4 is 16.2 Å². The van der Waals surface area contributed by atoms with Crippen LogP contribution in [0.25, 0.3) is 0 Å². The van der Waals surface area contributed by atoms with Gasteiger partial charge in [0.25, 0.3) is 0 Å². The summed E-state index contributed by atoms with van der Waals surface area (Å²) >= 11 is 0. The van der Waals surface area contributed by atoms with E-state index in [1.54, 1.807) is 33.4 Å². The zero-order chi connectivity index (χ0) is 13.9. The Morgan fingerprint density at radius 1 is 1.39 bits per heavy atom. The molecule has 104 valence electrons. The fourth-order valence-corrected chi connectivity index (χ4v) is 3.52. The predicted molar refractivity (Wildman–Crippen MR) is 73.0 cm³/mol. The van der Waals surface area contributed by atoms with E-state index in [1.165, 1.54) is 4.31 Å². The van der Waals surface area contributed by atoms with E-state index in [1.807, 2.05) is 13.8 Å². The van der Waals surface area contributed by atoms with Crippen molar-refractivity contribution in [3.05, 3.63) is 12.0 Å². The average Bonchev–Trinajstić information content (AvgIpc) is 2.28. The lowest BCUT2D eigenvalue weighted by atomic mass is 10.1. The second kappa shape index (κ2) is 5.84. The van der Waals surface area contributed by atoms with Crippen LogP contribution in [0.3, 0.4) is 0 Å². The van der Waals surface area contributed by atoms with Gasteiger partial charge in [0.1, 0.15) is 5.76 Å². The fraction of sp³-hybridized carbons (Fsp3) is 0.750. The highest BCUT2D eigenvalue weighted by atomic mass is 32.2. The van der Waals surface area contributed by atoms with E-state index in [2.05, 4.69) is 4.99 Å². The maximum absolute atomic E-state index is 12.4. The highest BCUT2D eigenvalue weighted by Gasteiger charge is 2.35. The number of aliphatic imine (C=N–C) groups is 1. The molecule has 1 heterocycles. The average molecular weight is 274 g/mol. The molecular weight excluding hydrogens is 252 g/mol. The van der Waals surface area contributed by atoms with Crippen LogP contribution >= 0.6 is 0 Å². The van der Waals surface area contributed by atoms with Crippen LogP contribution in [0.15, 0.2) is 17.0 Å². The van der Waals surface area contributed by atoms with Gasteiger partial charge in [-0.2, -0.15) is 4.31 Å². The quantitative estimate of drug-likeness (QED) is 0.767. The molecule has 1 aliphatic rings. The third-order valence-corrected chi connectivity index (χ3v) is 5.35. The highest BCUT2D eigenvalue weighted by Crippen LogP contribution is 2.22. The first-order valence-electron chi connectivity index (χ1n) is 6.09. The van der Waals surface area contributed by atoms with Crippen molar-refractivity contribution in [2.24, 2.45) is 4.99 Å². The van der Waals surface area contributed by atoms with Gasteiger partial charge in [-0.3, -0.25) is 4.99 Å². The molecule has 0 aromatic heterocycles. The van der Waals surface area contributed by atoms with Crippen LogP contribution in [0.2, 0.25) is 0 Å². The zero-order valence-electron chi connectivity index (χ0n) is 11.6. The van der Waals surface area contributed by atoms with Gasteiger partial charge in [0.15, 0.2) is 0 Å². The smallest absolute Gasteiger partial charge is 0.217 e. The summed E-state index contributed by atoms with van der Waals surface area (Å²) in [7, 11) is -1.74. The third-order valence-electron chi connectivity index (χ3n) is 2.87. The van der Waals surface area contributed by atoms with Crippen molar-refractivity contribution in [2.75, 3.05) is 7.11 Å². The van der Waals surface area contributed by atoms with Crippen LogP contribution in [-0.4, -0.2) is 43.4 Å². The number of nitrogens with zero attached hydrogens (tertiary/aromatic N) is 2. The topological polar surface area (TPSA) is 59.0 Å². The van der Waals surface area contributed by atoms with Crippen LogP contribution < -0.4 is 0 Å². The van der Waals surface area contributed by atoms with Crippen LogP contribution in [-0.2, 0) is 14.8 Å². The molecule has 0 saturated carbocycles. The minimum Gasteiger partial charge on any atom is -0.499 e. The molecule has 6 heteroatoms. The van der Waals surface area contributed by atoms with E-state index in [0.717, 1.165) is 0 Å². The normalized spacial score (nSPS) is 20.7. The van der Waals surface area contributed by atoms with Gasteiger partial charge >= 0.3 is 0 Å². The van der Waals surface area contributed by atoms with Crippen molar-refractivity contribution in [2.45, 2.75) is 51.4 Å². The molecule has 5 nitrogen and oxygen atoms in total. The molecule has 0 fully saturated rings. The van der Waals surface area contributed by atoms with E-state index in [4.69, 9.17) is 4.74 Å². The molecule has 1 rings (SSSR count). The van der Waals surface area contributed by atoms with Gasteiger partial charge in [-0.15, -0.1) is 0 Å². The summed E-state index contributed by atoms with van der Waals surface area (Å²) in [6, 6.07) is -0.373. The van der Waals surface area contributed by atoms with Gasteiger partial charge in [-0.1, -0.05) is 0 Å². The maximum Gasteiger partial charge on any atom is 0.217 e. The molecule has 1 unspecified atom stereocenters. The number of methoxy groups -OCH3 is 1. The Bertz CT molecular complexity index is 438. The lowest BCUT2D eigenvalue weighted by Gasteiger charge is -2.34. The first-order chi connectivity index (χ1) is 8.30. The summed E-state index contributed by atoms with van der Waals surface area (Å²) in [5.74, 6) is 0.701. The van der Waals surface area contributed by atoms with Gasteiger partial charge in [0.05, 0.1) is 24.6 Å². The molecule has 0 aromatic carbocycles. The predicted octanol–water partition coefficient (Wildman–Crippen LogP) is 1.77. The standard InChI is InChI=1S/C12H22N2O3S/c1-9(2)14(18(15,16)10(3)4)11-6-12(17-5)8-13-7-11/h7-11H,6H2,1-5H3. The van der Waals surface area contributed by atoms with Crippen molar-refractivity contribution in [3.63, 3.8) is 0 Å². The second-order valence-corrected chi connectivity index (χ2v) is 7.28. The van der Waals surface area contributed by atoms with E-state index in [0.29, 0.717) is 12.2 Å². The summed E-state index contributed by atoms with van der Waals surface area (Å²) in [5, 5.41) is -0.440. The molecule has 0 N–H and O–H groups in total. The van der Waals surface area contributed by atoms with Crippen molar-refractivity contribution < 1.29 is 13.2 Å². The Morgan fingerprint density at radius 3 is 2.44 bits per heavy atom. The van der Waals surface area contributed by atoms with Crippen molar-refractivity contribution in [3.8, 4) is 0 Å². The van der Waals surface area contributed by atoms with E-state index < -0.39 is 15.3 Å². The molecule has 18 heavy (non-hydrogen) atoms. The van der Waals surface area contributed by atoms with Gasteiger partial charge < -0.3 is 4.74 Å². The molecule has 0 aromatic rings. The third kappa shape index (κ3) is 3.11. The maximum atomic E-state index is 12.4. The van der Waals surface area contributed by atoms with E-state index in [9.17, 15) is 8.42 Å². The zero-order valence-corrected chi connectivity index (χ0v) is 12.4. The molecule has 1 atom stereocenters. The lowest BCUT2D eigenvalue weighted by molar-refractivity contribution is 0.241. The first-order valence-corrected chi connectivity index (χ1v) is 7.59. The minimum atomic E-state index is -3.31. The van der Waals surface area contributed by atoms with Gasteiger partial charge in [-0.25, -0.2) is 8.42 Å². The van der Waals surface area contributed by atoms with Gasteiger partial charge in [0.2, 0.25) is 10.0 Å². The molecule has 0 amide bonds. The Hall–Kier alpha value is -0.880. The van der Waals surface area contributed by atoms with Gasteiger partial charge in [0, 0.05) is 18.7 Å². The molecular formula is C12H22N2O3S. The molecule has 1 aliphatic heterocycles. The Kier molecular flexibility index (Phi) is 4.92. The van der Waals surface area contributed by atoms with Crippen molar-refractivity contribution in [1.29, 1.82) is 0 Å². The highest BCUT2D eigenvalue weighted by molar-refractivity contribution is 7.89. The SMILES string of the molecule is COC1=CN=CC(N(C(C)C)S(=O)(=O)C(C)C)C1. The number of hydrogen-bond donors (Lipinski definition) is 0. The first kappa shape index (κ1) is 15.2. The largest absolute Gasteiger partial charge is 0.499 e. The van der Waals surface area contributed by atoms with Crippen LogP contribution in [0.1, 0.15) is 34.1 Å². The van der Waals surface area contributed by atoms with Crippen LogP contribution in [0.4, 0.5) is 0 Å². The summed E-state index contributed by atoms with van der Waals surface area (Å²) in [6.07, 6.45) is 3.82. The Morgan fingerprint density at radius 2 is 2.00 bits per heavy atom.